The first-order valence-electron chi connectivity index (χ1n) is 11.6. The van der Waals surface area contributed by atoms with Crippen LogP contribution in [-0.2, 0) is 11.2 Å². The van der Waals surface area contributed by atoms with E-state index in [1.54, 1.807) is 0 Å². The standard InChI is InChI=1S/C24H31FN6O3/c1-24(2,3)31(23(33)34)14-15-8-10-30(11-9-15)21-18(25)13-26-22(29-21)27-17-5-6-19-16(12-17)4-7-20(32)28-19/h5-6,12-13,15H,4,7-11,14H2,1-3H3,(H,28,32)(H,33,34)(H,26,27,29). The number of nitrogens with one attached hydrogen (secondary N) is 2. The number of fused-ring (bicyclic) bond motifs is 1. The van der Waals surface area contributed by atoms with Gasteiger partial charge in [-0.15, -0.1) is 0 Å². The van der Waals surface area contributed by atoms with Crippen LogP contribution in [0.3, 0.4) is 0 Å². The van der Waals surface area contributed by atoms with E-state index in [0.29, 0.717) is 38.4 Å². The molecule has 2 aromatic rings. The fourth-order valence-electron chi connectivity index (χ4n) is 4.45. The molecule has 3 heterocycles. The number of hydrogen-bond donors (Lipinski definition) is 3. The van der Waals surface area contributed by atoms with Crippen LogP contribution in [0.2, 0.25) is 0 Å². The van der Waals surface area contributed by atoms with Gasteiger partial charge in [-0.3, -0.25) is 4.79 Å². The van der Waals surface area contributed by atoms with Gasteiger partial charge in [-0.05, 0) is 69.7 Å². The minimum Gasteiger partial charge on any atom is -0.465 e. The molecule has 10 heteroatoms. The fourth-order valence-corrected chi connectivity index (χ4v) is 4.45. The average Bonchev–Trinajstić information content (AvgIpc) is 2.78. The molecule has 1 aromatic carbocycles. The predicted molar refractivity (Wildman–Crippen MR) is 128 cm³/mol. The number of amides is 2. The van der Waals surface area contributed by atoms with E-state index in [0.717, 1.165) is 29.8 Å². The van der Waals surface area contributed by atoms with Gasteiger partial charge >= 0.3 is 6.09 Å². The van der Waals surface area contributed by atoms with E-state index in [4.69, 9.17) is 0 Å². The van der Waals surface area contributed by atoms with Gasteiger partial charge in [-0.2, -0.15) is 4.98 Å². The van der Waals surface area contributed by atoms with Crippen LogP contribution in [0.1, 0.15) is 45.6 Å². The number of nitrogens with zero attached hydrogens (tertiary/aromatic N) is 4. The largest absolute Gasteiger partial charge is 0.465 e. The van der Waals surface area contributed by atoms with Gasteiger partial charge in [0.1, 0.15) is 0 Å². The highest BCUT2D eigenvalue weighted by Crippen LogP contribution is 2.29. The molecule has 34 heavy (non-hydrogen) atoms. The lowest BCUT2D eigenvalue weighted by molar-refractivity contribution is -0.116. The van der Waals surface area contributed by atoms with Crippen LogP contribution < -0.4 is 15.5 Å². The molecular weight excluding hydrogens is 439 g/mol. The zero-order valence-corrected chi connectivity index (χ0v) is 19.8. The lowest BCUT2D eigenvalue weighted by Gasteiger charge is -2.39. The maximum Gasteiger partial charge on any atom is 0.407 e. The highest BCUT2D eigenvalue weighted by Gasteiger charge is 2.31. The van der Waals surface area contributed by atoms with Gasteiger partial charge in [-0.1, -0.05) is 0 Å². The predicted octanol–water partition coefficient (Wildman–Crippen LogP) is 4.24. The number of piperidine rings is 1. The Bertz CT molecular complexity index is 1080. The number of anilines is 4. The Balaban J connectivity index is 1.41. The average molecular weight is 471 g/mol. The zero-order valence-electron chi connectivity index (χ0n) is 19.8. The Kier molecular flexibility index (Phi) is 6.58. The van der Waals surface area contributed by atoms with Crippen molar-refractivity contribution in [3.8, 4) is 0 Å². The van der Waals surface area contributed by atoms with Crippen LogP contribution >= 0.6 is 0 Å². The van der Waals surface area contributed by atoms with Crippen LogP contribution in [0.5, 0.6) is 0 Å². The van der Waals surface area contributed by atoms with Crippen LogP contribution in [0.25, 0.3) is 0 Å². The van der Waals surface area contributed by atoms with Crippen LogP contribution in [0.15, 0.2) is 24.4 Å². The molecule has 3 N–H and O–H groups in total. The molecule has 2 aliphatic rings. The Morgan fingerprint density at radius 1 is 1.29 bits per heavy atom. The summed E-state index contributed by atoms with van der Waals surface area (Å²) in [6, 6.07) is 5.60. The van der Waals surface area contributed by atoms with Gasteiger partial charge in [0.05, 0.1) is 6.20 Å². The summed E-state index contributed by atoms with van der Waals surface area (Å²) in [5.74, 6) is 0.275. The summed E-state index contributed by atoms with van der Waals surface area (Å²) in [7, 11) is 0. The third kappa shape index (κ3) is 5.37. The maximum absolute atomic E-state index is 14.6. The van der Waals surface area contributed by atoms with Crippen LogP contribution in [-0.4, -0.2) is 57.1 Å². The Morgan fingerprint density at radius 3 is 2.71 bits per heavy atom. The summed E-state index contributed by atoms with van der Waals surface area (Å²) in [6.45, 7) is 7.31. The number of carboxylic acid groups (broad SMARTS) is 1. The van der Waals surface area contributed by atoms with E-state index in [-0.39, 0.29) is 17.6 Å². The van der Waals surface area contributed by atoms with Crippen molar-refractivity contribution in [1.29, 1.82) is 0 Å². The summed E-state index contributed by atoms with van der Waals surface area (Å²) >= 11 is 0. The Morgan fingerprint density at radius 2 is 2.03 bits per heavy atom. The quantitative estimate of drug-likeness (QED) is 0.599. The zero-order chi connectivity index (χ0) is 24.5. The fraction of sp³-hybridized carbons (Fsp3) is 0.500. The van der Waals surface area contributed by atoms with Crippen molar-refractivity contribution in [3.63, 3.8) is 0 Å². The molecule has 4 rings (SSSR count). The molecule has 0 aliphatic carbocycles. The molecule has 0 radical (unpaired) electrons. The van der Waals surface area contributed by atoms with Crippen molar-refractivity contribution in [1.82, 2.24) is 14.9 Å². The number of halogens is 1. The van der Waals surface area contributed by atoms with Gasteiger partial charge < -0.3 is 25.5 Å². The molecule has 1 saturated heterocycles. The second kappa shape index (κ2) is 9.44. The molecule has 0 atom stereocenters. The number of carbonyl (C=O) groups is 2. The van der Waals surface area contributed by atoms with Gasteiger partial charge in [0, 0.05) is 43.0 Å². The van der Waals surface area contributed by atoms with E-state index >= 15 is 0 Å². The highest BCUT2D eigenvalue weighted by molar-refractivity contribution is 5.94. The molecule has 0 spiro atoms. The minimum absolute atomic E-state index is 0.0116. The van der Waals surface area contributed by atoms with Crippen molar-refractivity contribution < 1.29 is 19.1 Å². The first-order chi connectivity index (χ1) is 16.1. The monoisotopic (exact) mass is 470 g/mol. The van der Waals surface area contributed by atoms with Crippen molar-refractivity contribution in [3.05, 3.63) is 35.8 Å². The first-order valence-corrected chi connectivity index (χ1v) is 11.6. The van der Waals surface area contributed by atoms with Crippen molar-refractivity contribution in [2.75, 3.05) is 35.2 Å². The van der Waals surface area contributed by atoms with E-state index in [1.165, 1.54) is 11.1 Å². The van der Waals surface area contributed by atoms with Gasteiger partial charge in [0.2, 0.25) is 11.9 Å². The smallest absolute Gasteiger partial charge is 0.407 e. The SMILES string of the molecule is CC(C)(C)N(CC1CCN(c2nc(Nc3ccc4c(c3)CCC(=O)N4)ncc2F)CC1)C(=O)O. The molecule has 182 valence electrons. The molecule has 0 bridgehead atoms. The normalized spacial score (nSPS) is 16.6. The summed E-state index contributed by atoms with van der Waals surface area (Å²) in [5.41, 5.74) is 2.13. The van der Waals surface area contributed by atoms with Crippen LogP contribution in [0, 0.1) is 11.7 Å². The molecule has 0 unspecified atom stereocenters. The topological polar surface area (TPSA) is 111 Å². The van der Waals surface area contributed by atoms with E-state index in [2.05, 4.69) is 20.6 Å². The highest BCUT2D eigenvalue weighted by atomic mass is 19.1. The van der Waals surface area contributed by atoms with Gasteiger partial charge in [0.25, 0.3) is 0 Å². The molecule has 2 aliphatic heterocycles. The second-order valence-corrected chi connectivity index (χ2v) is 9.90. The molecular formula is C24H31FN6O3. The third-order valence-electron chi connectivity index (χ3n) is 6.38. The number of rotatable bonds is 5. The molecule has 9 nitrogen and oxygen atoms in total. The van der Waals surface area contributed by atoms with E-state index in [9.17, 15) is 19.1 Å². The van der Waals surface area contributed by atoms with Gasteiger partial charge in [0.15, 0.2) is 11.6 Å². The summed E-state index contributed by atoms with van der Waals surface area (Å²) in [6.07, 6.45) is 2.86. The van der Waals surface area contributed by atoms with Crippen molar-refractivity contribution >= 4 is 35.1 Å². The lowest BCUT2D eigenvalue weighted by Crippen LogP contribution is -2.49. The molecule has 1 fully saturated rings. The lowest BCUT2D eigenvalue weighted by atomic mass is 9.94. The molecule has 2 amide bonds. The third-order valence-corrected chi connectivity index (χ3v) is 6.38. The van der Waals surface area contributed by atoms with Crippen molar-refractivity contribution in [2.24, 2.45) is 5.92 Å². The van der Waals surface area contributed by atoms with E-state index in [1.807, 2.05) is 43.9 Å². The summed E-state index contributed by atoms with van der Waals surface area (Å²) < 4.78 is 14.6. The Labute approximate surface area is 198 Å². The number of aromatic nitrogens is 2. The number of benzene rings is 1. The number of carbonyl (C=O) groups excluding carboxylic acids is 1. The number of hydrogen-bond acceptors (Lipinski definition) is 6. The Hall–Kier alpha value is -3.43. The summed E-state index contributed by atoms with van der Waals surface area (Å²) in [4.78, 5) is 35.1. The van der Waals surface area contributed by atoms with Gasteiger partial charge in [-0.25, -0.2) is 14.2 Å². The minimum atomic E-state index is -0.919. The molecule has 0 saturated carbocycles. The van der Waals surface area contributed by atoms with Crippen molar-refractivity contribution in [2.45, 2.75) is 52.0 Å². The molecule has 1 aromatic heterocycles. The first kappa shape index (κ1) is 23.7. The number of aryl methyl sites for hydroxylation is 1. The van der Waals surface area contributed by atoms with Crippen LogP contribution in [0.4, 0.5) is 32.3 Å². The van der Waals surface area contributed by atoms with E-state index < -0.39 is 17.4 Å². The summed E-state index contributed by atoms with van der Waals surface area (Å²) in [5, 5.41) is 15.5. The second-order valence-electron chi connectivity index (χ2n) is 9.90. The maximum atomic E-state index is 14.6.